The van der Waals surface area contributed by atoms with Crippen LogP contribution in [0.15, 0.2) is 0 Å². The van der Waals surface area contributed by atoms with Crippen LogP contribution in [0.1, 0.15) is 12.6 Å². The van der Waals surface area contributed by atoms with Crippen molar-refractivity contribution in [2.45, 2.75) is 20.4 Å². The van der Waals surface area contributed by atoms with Gasteiger partial charge in [0.1, 0.15) is 4.88 Å². The number of aryl methyl sites for hydroxylation is 1. The van der Waals surface area contributed by atoms with Gasteiger partial charge in [-0.3, -0.25) is 4.79 Å². The highest BCUT2D eigenvalue weighted by molar-refractivity contribution is 7.09. The van der Waals surface area contributed by atoms with E-state index in [0.717, 1.165) is 10.6 Å². The monoisotopic (exact) mass is 254 g/mol. The van der Waals surface area contributed by atoms with Crippen molar-refractivity contribution in [2.24, 2.45) is 5.92 Å². The Morgan fingerprint density at radius 3 is 2.88 bits per heavy atom. The van der Waals surface area contributed by atoms with Gasteiger partial charge in [-0.05, 0) is 28.9 Å². The van der Waals surface area contributed by atoms with Gasteiger partial charge in [0.2, 0.25) is 0 Å². The lowest BCUT2D eigenvalue weighted by molar-refractivity contribution is -0.141. The molecule has 0 aromatic carbocycles. The lowest BCUT2D eigenvalue weighted by atomic mass is 10.2. The Kier molecular flexibility index (Phi) is 3.09. The molecule has 0 aliphatic carbocycles. The molecule has 2 rings (SSSR count). The molecule has 0 aliphatic rings. The summed E-state index contributed by atoms with van der Waals surface area (Å²) in [5, 5.41) is 23.9. The Bertz CT molecular complexity index is 536. The van der Waals surface area contributed by atoms with E-state index in [2.05, 4.69) is 25.1 Å². The molecule has 17 heavy (non-hydrogen) atoms. The summed E-state index contributed by atoms with van der Waals surface area (Å²) in [6.07, 6.45) is 0. The molecule has 0 bridgehead atoms. The summed E-state index contributed by atoms with van der Waals surface area (Å²) in [7, 11) is 0. The fourth-order valence-electron chi connectivity index (χ4n) is 1.26. The molecule has 8 nitrogen and oxygen atoms in total. The SMILES string of the molecule is Cc1nnsc1-c1nnnn1CC(C)C(=O)O. The van der Waals surface area contributed by atoms with Crippen LogP contribution in [0, 0.1) is 12.8 Å². The van der Waals surface area contributed by atoms with Crippen molar-refractivity contribution in [3.63, 3.8) is 0 Å². The summed E-state index contributed by atoms with van der Waals surface area (Å²) >= 11 is 1.19. The van der Waals surface area contributed by atoms with E-state index in [4.69, 9.17) is 5.11 Å². The van der Waals surface area contributed by atoms with Crippen LogP contribution in [-0.2, 0) is 11.3 Å². The molecule has 90 valence electrons. The number of carboxylic acid groups (broad SMARTS) is 1. The van der Waals surface area contributed by atoms with Crippen LogP contribution in [0.4, 0.5) is 0 Å². The molecular formula is C8H10N6O2S. The molecule has 1 unspecified atom stereocenters. The zero-order valence-electron chi connectivity index (χ0n) is 9.23. The van der Waals surface area contributed by atoms with Crippen LogP contribution in [0.2, 0.25) is 0 Å². The number of carboxylic acids is 1. The van der Waals surface area contributed by atoms with Crippen molar-refractivity contribution in [3.8, 4) is 10.7 Å². The molecule has 0 fully saturated rings. The number of rotatable bonds is 4. The minimum absolute atomic E-state index is 0.217. The topological polar surface area (TPSA) is 107 Å². The van der Waals surface area contributed by atoms with E-state index in [0.29, 0.717) is 5.82 Å². The molecule has 0 radical (unpaired) electrons. The summed E-state index contributed by atoms with van der Waals surface area (Å²) in [6.45, 7) is 3.62. The largest absolute Gasteiger partial charge is 0.481 e. The van der Waals surface area contributed by atoms with Crippen molar-refractivity contribution in [2.75, 3.05) is 0 Å². The first-order valence-corrected chi connectivity index (χ1v) is 5.65. The second kappa shape index (κ2) is 4.53. The Labute approximate surface area is 100 Å². The molecule has 1 atom stereocenters. The van der Waals surface area contributed by atoms with Crippen LogP contribution in [0.25, 0.3) is 10.7 Å². The molecular weight excluding hydrogens is 244 g/mol. The Hall–Kier alpha value is -1.90. The van der Waals surface area contributed by atoms with Gasteiger partial charge in [0.25, 0.3) is 0 Å². The van der Waals surface area contributed by atoms with E-state index >= 15 is 0 Å². The molecule has 2 aromatic rings. The van der Waals surface area contributed by atoms with Crippen molar-refractivity contribution in [3.05, 3.63) is 5.69 Å². The quantitative estimate of drug-likeness (QED) is 0.831. The predicted octanol–water partition coefficient (Wildman–Crippen LogP) is 0.221. The van der Waals surface area contributed by atoms with E-state index in [1.54, 1.807) is 13.8 Å². The Balaban J connectivity index is 2.29. The minimum atomic E-state index is -0.884. The normalized spacial score (nSPS) is 12.6. The van der Waals surface area contributed by atoms with E-state index in [1.165, 1.54) is 16.2 Å². The van der Waals surface area contributed by atoms with E-state index < -0.39 is 11.9 Å². The maximum atomic E-state index is 10.8. The molecule has 0 amide bonds. The van der Waals surface area contributed by atoms with Crippen LogP contribution < -0.4 is 0 Å². The van der Waals surface area contributed by atoms with Gasteiger partial charge in [-0.1, -0.05) is 11.4 Å². The molecule has 1 N–H and O–H groups in total. The lowest BCUT2D eigenvalue weighted by Gasteiger charge is -2.06. The fourth-order valence-corrected chi connectivity index (χ4v) is 1.91. The standard InChI is InChI=1S/C8H10N6O2S/c1-4(8(15)16)3-14-7(10-11-12-14)6-5(2)9-13-17-6/h4H,3H2,1-2H3,(H,15,16). The maximum Gasteiger partial charge on any atom is 0.308 e. The molecule has 0 saturated carbocycles. The minimum Gasteiger partial charge on any atom is -0.481 e. The van der Waals surface area contributed by atoms with Gasteiger partial charge >= 0.3 is 5.97 Å². The predicted molar refractivity (Wildman–Crippen MR) is 58.3 cm³/mol. The number of hydrogen-bond acceptors (Lipinski definition) is 7. The van der Waals surface area contributed by atoms with Crippen molar-refractivity contribution < 1.29 is 9.90 Å². The molecule has 9 heteroatoms. The van der Waals surface area contributed by atoms with Crippen molar-refractivity contribution >= 4 is 17.5 Å². The van der Waals surface area contributed by atoms with Gasteiger partial charge in [0, 0.05) is 0 Å². The Morgan fingerprint density at radius 1 is 1.53 bits per heavy atom. The number of nitrogens with zero attached hydrogens (tertiary/aromatic N) is 6. The highest BCUT2D eigenvalue weighted by Gasteiger charge is 2.19. The first kappa shape index (κ1) is 11.6. The van der Waals surface area contributed by atoms with Crippen LogP contribution >= 0.6 is 11.5 Å². The van der Waals surface area contributed by atoms with E-state index in [-0.39, 0.29) is 6.54 Å². The van der Waals surface area contributed by atoms with E-state index in [1.807, 2.05) is 0 Å². The first-order chi connectivity index (χ1) is 8.09. The third-order valence-corrected chi connectivity index (χ3v) is 3.08. The molecule has 0 aliphatic heterocycles. The van der Waals surface area contributed by atoms with Crippen molar-refractivity contribution in [1.29, 1.82) is 0 Å². The van der Waals surface area contributed by atoms with E-state index in [9.17, 15) is 4.79 Å². The number of tetrazole rings is 1. The van der Waals surface area contributed by atoms with Gasteiger partial charge in [-0.25, -0.2) is 4.68 Å². The summed E-state index contributed by atoms with van der Waals surface area (Å²) in [4.78, 5) is 11.5. The molecule has 2 heterocycles. The number of aromatic nitrogens is 6. The summed E-state index contributed by atoms with van der Waals surface area (Å²) in [5.74, 6) is -0.936. The Morgan fingerprint density at radius 2 is 2.29 bits per heavy atom. The maximum absolute atomic E-state index is 10.8. The molecule has 2 aromatic heterocycles. The lowest BCUT2D eigenvalue weighted by Crippen LogP contribution is -2.18. The van der Waals surface area contributed by atoms with Crippen LogP contribution in [0.3, 0.4) is 0 Å². The highest BCUT2D eigenvalue weighted by atomic mass is 32.1. The summed E-state index contributed by atoms with van der Waals surface area (Å²) in [6, 6.07) is 0. The van der Waals surface area contributed by atoms with Gasteiger partial charge in [-0.15, -0.1) is 10.2 Å². The average molecular weight is 254 g/mol. The number of aliphatic carboxylic acids is 1. The number of carbonyl (C=O) groups is 1. The first-order valence-electron chi connectivity index (χ1n) is 4.88. The fraction of sp³-hybridized carbons (Fsp3) is 0.500. The average Bonchev–Trinajstić information content (AvgIpc) is 2.86. The zero-order chi connectivity index (χ0) is 12.4. The summed E-state index contributed by atoms with van der Waals surface area (Å²) < 4.78 is 5.26. The molecule has 0 saturated heterocycles. The number of hydrogen-bond donors (Lipinski definition) is 1. The van der Waals surface area contributed by atoms with Gasteiger partial charge in [0.15, 0.2) is 5.82 Å². The van der Waals surface area contributed by atoms with Crippen LogP contribution in [-0.4, -0.2) is 40.9 Å². The summed E-state index contributed by atoms with van der Waals surface area (Å²) in [5.41, 5.74) is 0.731. The highest BCUT2D eigenvalue weighted by Crippen LogP contribution is 2.22. The second-order valence-corrected chi connectivity index (χ2v) is 4.37. The van der Waals surface area contributed by atoms with Gasteiger partial charge in [0.05, 0.1) is 18.2 Å². The van der Waals surface area contributed by atoms with Crippen LogP contribution in [0.5, 0.6) is 0 Å². The van der Waals surface area contributed by atoms with Gasteiger partial charge < -0.3 is 5.11 Å². The third kappa shape index (κ3) is 2.28. The molecule has 0 spiro atoms. The zero-order valence-corrected chi connectivity index (χ0v) is 10.0. The second-order valence-electron chi connectivity index (χ2n) is 3.61. The van der Waals surface area contributed by atoms with Gasteiger partial charge in [-0.2, -0.15) is 0 Å². The third-order valence-electron chi connectivity index (χ3n) is 2.25. The van der Waals surface area contributed by atoms with Crippen molar-refractivity contribution in [1.82, 2.24) is 29.8 Å². The smallest absolute Gasteiger partial charge is 0.308 e.